The molecule has 122 valence electrons. The SMILES string of the molecule is CNCc1cc2c(s1)C(c1ccc(OC)c(OC)c1)=CN(C)C2. The molecule has 0 unspecified atom stereocenters. The van der Waals surface area contributed by atoms with Crippen LogP contribution in [0.25, 0.3) is 5.57 Å². The lowest BCUT2D eigenvalue weighted by Crippen LogP contribution is -2.15. The highest BCUT2D eigenvalue weighted by molar-refractivity contribution is 7.13. The molecule has 1 aromatic heterocycles. The number of fused-ring (bicyclic) bond motifs is 1. The zero-order chi connectivity index (χ0) is 16.4. The molecule has 0 saturated carbocycles. The Morgan fingerprint density at radius 2 is 1.96 bits per heavy atom. The average molecular weight is 330 g/mol. The molecule has 4 nitrogen and oxygen atoms in total. The summed E-state index contributed by atoms with van der Waals surface area (Å²) in [6, 6.07) is 8.41. The van der Waals surface area contributed by atoms with Crippen LogP contribution in [-0.2, 0) is 13.1 Å². The predicted molar refractivity (Wildman–Crippen MR) is 95.2 cm³/mol. The summed E-state index contributed by atoms with van der Waals surface area (Å²) >= 11 is 1.86. The van der Waals surface area contributed by atoms with Crippen molar-refractivity contribution in [3.63, 3.8) is 0 Å². The largest absolute Gasteiger partial charge is 0.493 e. The highest BCUT2D eigenvalue weighted by Crippen LogP contribution is 2.39. The Labute approximate surface area is 141 Å². The number of hydrogen-bond acceptors (Lipinski definition) is 5. The Hall–Kier alpha value is -1.98. The van der Waals surface area contributed by atoms with Crippen molar-refractivity contribution < 1.29 is 9.47 Å². The van der Waals surface area contributed by atoms with Crippen LogP contribution in [0.4, 0.5) is 0 Å². The van der Waals surface area contributed by atoms with Gasteiger partial charge < -0.3 is 19.7 Å². The molecule has 1 aliphatic heterocycles. The maximum absolute atomic E-state index is 5.45. The molecule has 3 rings (SSSR count). The van der Waals surface area contributed by atoms with Crippen LogP contribution in [-0.4, -0.2) is 33.2 Å². The van der Waals surface area contributed by atoms with E-state index in [1.807, 2.05) is 30.5 Å². The van der Waals surface area contributed by atoms with Gasteiger partial charge in [-0.25, -0.2) is 0 Å². The topological polar surface area (TPSA) is 33.7 Å². The minimum absolute atomic E-state index is 0.753. The summed E-state index contributed by atoms with van der Waals surface area (Å²) in [5.74, 6) is 1.51. The molecular weight excluding hydrogens is 308 g/mol. The van der Waals surface area contributed by atoms with Crippen molar-refractivity contribution in [2.45, 2.75) is 13.1 Å². The van der Waals surface area contributed by atoms with Gasteiger partial charge in [-0.05, 0) is 36.4 Å². The van der Waals surface area contributed by atoms with Crippen molar-refractivity contribution in [3.05, 3.63) is 51.3 Å². The third kappa shape index (κ3) is 3.07. The summed E-state index contributed by atoms with van der Waals surface area (Å²) in [7, 11) is 7.42. The van der Waals surface area contributed by atoms with Gasteiger partial charge in [-0.15, -0.1) is 11.3 Å². The van der Waals surface area contributed by atoms with Crippen LogP contribution in [0.5, 0.6) is 11.5 Å². The van der Waals surface area contributed by atoms with Crippen molar-refractivity contribution in [1.29, 1.82) is 0 Å². The highest BCUT2D eigenvalue weighted by atomic mass is 32.1. The molecule has 0 amide bonds. The molecule has 1 N–H and O–H groups in total. The lowest BCUT2D eigenvalue weighted by Gasteiger charge is -2.23. The van der Waals surface area contributed by atoms with Gasteiger partial charge in [-0.1, -0.05) is 6.07 Å². The molecule has 0 fully saturated rings. The lowest BCUT2D eigenvalue weighted by atomic mass is 9.99. The van der Waals surface area contributed by atoms with E-state index in [1.165, 1.54) is 20.9 Å². The van der Waals surface area contributed by atoms with Gasteiger partial charge in [0.15, 0.2) is 11.5 Å². The summed E-state index contributed by atoms with van der Waals surface area (Å²) in [5.41, 5.74) is 3.77. The highest BCUT2D eigenvalue weighted by Gasteiger charge is 2.21. The predicted octanol–water partition coefficient (Wildman–Crippen LogP) is 3.32. The Morgan fingerprint density at radius 3 is 2.65 bits per heavy atom. The van der Waals surface area contributed by atoms with Crippen molar-refractivity contribution >= 4 is 16.9 Å². The first kappa shape index (κ1) is 15.9. The summed E-state index contributed by atoms with van der Waals surface area (Å²) < 4.78 is 10.8. The second kappa shape index (κ2) is 6.64. The summed E-state index contributed by atoms with van der Waals surface area (Å²) in [4.78, 5) is 4.93. The summed E-state index contributed by atoms with van der Waals surface area (Å²) in [6.45, 7) is 1.85. The number of methoxy groups -OCH3 is 2. The number of hydrogen-bond donors (Lipinski definition) is 1. The second-order valence-electron chi connectivity index (χ2n) is 5.63. The Balaban J connectivity index is 2.05. The van der Waals surface area contributed by atoms with Crippen molar-refractivity contribution in [2.24, 2.45) is 0 Å². The van der Waals surface area contributed by atoms with Crippen LogP contribution in [0.3, 0.4) is 0 Å². The quantitative estimate of drug-likeness (QED) is 0.912. The number of nitrogens with zero attached hydrogens (tertiary/aromatic N) is 1. The molecule has 0 saturated heterocycles. The minimum atomic E-state index is 0.753. The van der Waals surface area contributed by atoms with Crippen molar-refractivity contribution in [1.82, 2.24) is 10.2 Å². The van der Waals surface area contributed by atoms with Crippen molar-refractivity contribution in [3.8, 4) is 11.5 Å². The first-order chi connectivity index (χ1) is 11.2. The number of thiophene rings is 1. The number of rotatable bonds is 5. The van der Waals surface area contributed by atoms with E-state index in [9.17, 15) is 0 Å². The number of ether oxygens (including phenoxy) is 2. The van der Waals surface area contributed by atoms with Gasteiger partial charge in [-0.2, -0.15) is 0 Å². The standard InChI is InChI=1S/C18H22N2O2S/c1-19-9-14-7-13-10-20(2)11-15(18(13)23-14)12-5-6-16(21-3)17(8-12)22-4/h5-8,11,19H,9-10H2,1-4H3. The molecule has 0 atom stereocenters. The number of nitrogens with one attached hydrogen (secondary N) is 1. The molecule has 1 aromatic carbocycles. The summed E-state index contributed by atoms with van der Waals surface area (Å²) in [5, 5.41) is 3.23. The van der Waals surface area contributed by atoms with E-state index >= 15 is 0 Å². The molecule has 23 heavy (non-hydrogen) atoms. The molecule has 2 aromatic rings. The normalized spacial score (nSPS) is 13.6. The smallest absolute Gasteiger partial charge is 0.161 e. The first-order valence-corrected chi connectivity index (χ1v) is 8.39. The van der Waals surface area contributed by atoms with Gasteiger partial charge in [-0.3, -0.25) is 0 Å². The molecule has 1 aliphatic rings. The molecule has 5 heteroatoms. The van der Waals surface area contributed by atoms with E-state index in [-0.39, 0.29) is 0 Å². The molecule has 0 aliphatic carbocycles. The molecule has 0 radical (unpaired) electrons. The Kier molecular flexibility index (Phi) is 4.59. The van der Waals surface area contributed by atoms with Crippen LogP contribution in [0.1, 0.15) is 20.9 Å². The van der Waals surface area contributed by atoms with Gasteiger partial charge in [0.1, 0.15) is 0 Å². The van der Waals surface area contributed by atoms with Crippen LogP contribution in [0.2, 0.25) is 0 Å². The summed E-state index contributed by atoms with van der Waals surface area (Å²) in [6.07, 6.45) is 2.21. The first-order valence-electron chi connectivity index (χ1n) is 7.57. The average Bonchev–Trinajstić information content (AvgIpc) is 2.96. The fourth-order valence-electron chi connectivity index (χ4n) is 2.90. The zero-order valence-electron chi connectivity index (χ0n) is 14.0. The fraction of sp³-hybridized carbons (Fsp3) is 0.333. The van der Waals surface area contributed by atoms with Gasteiger partial charge in [0.25, 0.3) is 0 Å². The lowest BCUT2D eigenvalue weighted by molar-refractivity contribution is 0.355. The maximum atomic E-state index is 5.45. The van der Waals surface area contributed by atoms with Gasteiger partial charge in [0.2, 0.25) is 0 Å². The van der Waals surface area contributed by atoms with E-state index < -0.39 is 0 Å². The second-order valence-corrected chi connectivity index (χ2v) is 6.76. The van der Waals surface area contributed by atoms with Crippen LogP contribution in [0.15, 0.2) is 30.5 Å². The van der Waals surface area contributed by atoms with E-state index in [2.05, 4.69) is 35.6 Å². The van der Waals surface area contributed by atoms with E-state index in [4.69, 9.17) is 9.47 Å². The number of benzene rings is 1. The zero-order valence-corrected chi connectivity index (χ0v) is 14.8. The van der Waals surface area contributed by atoms with Crippen LogP contribution < -0.4 is 14.8 Å². The van der Waals surface area contributed by atoms with Gasteiger partial charge in [0.05, 0.1) is 14.2 Å². The molecular formula is C18H22N2O2S. The van der Waals surface area contributed by atoms with Gasteiger partial charge >= 0.3 is 0 Å². The van der Waals surface area contributed by atoms with Gasteiger partial charge in [0, 0.05) is 41.7 Å². The van der Waals surface area contributed by atoms with E-state index in [1.54, 1.807) is 14.2 Å². The van der Waals surface area contributed by atoms with Crippen LogP contribution in [0, 0.1) is 0 Å². The molecule has 0 bridgehead atoms. The monoisotopic (exact) mass is 330 g/mol. The minimum Gasteiger partial charge on any atom is -0.493 e. The van der Waals surface area contributed by atoms with Crippen LogP contribution >= 0.6 is 11.3 Å². The van der Waals surface area contributed by atoms with Crippen molar-refractivity contribution in [2.75, 3.05) is 28.3 Å². The maximum Gasteiger partial charge on any atom is 0.161 e. The third-order valence-corrected chi connectivity index (χ3v) is 5.13. The third-order valence-electron chi connectivity index (χ3n) is 3.92. The fourth-order valence-corrected chi connectivity index (χ4v) is 4.11. The van der Waals surface area contributed by atoms with E-state index in [0.29, 0.717) is 0 Å². The molecule has 0 spiro atoms. The molecule has 2 heterocycles. The Bertz CT molecular complexity index is 737. The van der Waals surface area contributed by atoms with E-state index in [0.717, 1.165) is 30.2 Å². The Morgan fingerprint density at radius 1 is 1.17 bits per heavy atom.